The van der Waals surface area contributed by atoms with E-state index in [2.05, 4.69) is 10.2 Å². The number of nitrogens with one attached hydrogen (secondary N) is 1. The minimum atomic E-state index is -0.354. The van der Waals surface area contributed by atoms with Crippen LogP contribution >= 0.6 is 0 Å². The van der Waals surface area contributed by atoms with Gasteiger partial charge in [-0.3, -0.25) is 0 Å². The van der Waals surface area contributed by atoms with E-state index < -0.39 is 0 Å². The number of carbonyl (C=O) groups excluding carboxylic acids is 2. The molecule has 2 amide bonds. The topological polar surface area (TPSA) is 80.3 Å². The molecule has 8 heteroatoms. The Morgan fingerprint density at radius 2 is 1.52 bits per heavy atom. The third-order valence-electron chi connectivity index (χ3n) is 4.86. The molecule has 0 aliphatic carbocycles. The van der Waals surface area contributed by atoms with Crippen LogP contribution in [0.3, 0.4) is 0 Å². The molecule has 2 aromatic rings. The van der Waals surface area contributed by atoms with Gasteiger partial charge >= 0.3 is 12.0 Å². The summed E-state index contributed by atoms with van der Waals surface area (Å²) < 4.78 is 15.2. The van der Waals surface area contributed by atoms with E-state index in [1.165, 1.54) is 7.11 Å². The molecule has 3 rings (SSSR count). The summed E-state index contributed by atoms with van der Waals surface area (Å²) in [5.41, 5.74) is 2.18. The number of anilines is 2. The van der Waals surface area contributed by atoms with Crippen molar-refractivity contribution in [2.45, 2.75) is 0 Å². The minimum Gasteiger partial charge on any atom is -0.493 e. The van der Waals surface area contributed by atoms with Crippen LogP contribution in [0.2, 0.25) is 0 Å². The van der Waals surface area contributed by atoms with Gasteiger partial charge in [-0.05, 0) is 36.4 Å². The van der Waals surface area contributed by atoms with Gasteiger partial charge < -0.3 is 29.3 Å². The van der Waals surface area contributed by atoms with E-state index in [-0.39, 0.29) is 12.0 Å². The fraction of sp³-hybridized carbons (Fsp3) is 0.333. The Labute approximate surface area is 170 Å². The van der Waals surface area contributed by atoms with Crippen molar-refractivity contribution in [2.75, 3.05) is 57.7 Å². The van der Waals surface area contributed by atoms with E-state index in [9.17, 15) is 9.59 Å². The van der Waals surface area contributed by atoms with Crippen molar-refractivity contribution in [2.24, 2.45) is 0 Å². The molecule has 0 bridgehead atoms. The summed E-state index contributed by atoms with van der Waals surface area (Å²) in [4.78, 5) is 28.1. The molecule has 0 saturated carbocycles. The maximum atomic E-state index is 12.6. The van der Waals surface area contributed by atoms with E-state index >= 15 is 0 Å². The van der Waals surface area contributed by atoms with E-state index in [1.54, 1.807) is 49.5 Å². The molecule has 1 heterocycles. The maximum absolute atomic E-state index is 12.6. The van der Waals surface area contributed by atoms with Gasteiger partial charge in [0.15, 0.2) is 11.5 Å². The first-order chi connectivity index (χ1) is 14.0. The molecule has 1 saturated heterocycles. The fourth-order valence-electron chi connectivity index (χ4n) is 3.21. The van der Waals surface area contributed by atoms with Crippen LogP contribution in [0.4, 0.5) is 16.2 Å². The summed E-state index contributed by atoms with van der Waals surface area (Å²) in [6, 6.07) is 12.4. The molecular formula is C21H25N3O5. The lowest BCUT2D eigenvalue weighted by Crippen LogP contribution is -2.50. The van der Waals surface area contributed by atoms with Gasteiger partial charge in [0.05, 0.1) is 26.9 Å². The Morgan fingerprint density at radius 3 is 2.10 bits per heavy atom. The van der Waals surface area contributed by atoms with Crippen molar-refractivity contribution < 1.29 is 23.8 Å². The lowest BCUT2D eigenvalue weighted by Gasteiger charge is -2.36. The summed E-state index contributed by atoms with van der Waals surface area (Å²) in [7, 11) is 4.49. The SMILES string of the molecule is COC(=O)c1ccc(N2CCN(C(=O)Nc3ccc(OC)c(OC)c3)CC2)cc1. The second-order valence-corrected chi connectivity index (χ2v) is 6.51. The summed E-state index contributed by atoms with van der Waals surface area (Å²) >= 11 is 0. The molecule has 1 aliphatic heterocycles. The van der Waals surface area contributed by atoms with Crippen LogP contribution in [0.5, 0.6) is 11.5 Å². The van der Waals surface area contributed by atoms with Crippen molar-refractivity contribution in [3.63, 3.8) is 0 Å². The number of benzene rings is 2. The number of ether oxygens (including phenoxy) is 3. The number of methoxy groups -OCH3 is 3. The van der Waals surface area contributed by atoms with E-state index in [4.69, 9.17) is 14.2 Å². The molecule has 1 N–H and O–H groups in total. The normalized spacial score (nSPS) is 13.6. The number of rotatable bonds is 5. The van der Waals surface area contributed by atoms with E-state index in [0.717, 1.165) is 5.69 Å². The third kappa shape index (κ3) is 4.71. The quantitative estimate of drug-likeness (QED) is 0.779. The summed E-state index contributed by atoms with van der Waals surface area (Å²) in [5.74, 6) is 0.816. The summed E-state index contributed by atoms with van der Waals surface area (Å²) in [6.07, 6.45) is 0. The fourth-order valence-corrected chi connectivity index (χ4v) is 3.21. The second kappa shape index (κ2) is 9.18. The number of piperazine rings is 1. The van der Waals surface area contributed by atoms with Gasteiger partial charge in [0.2, 0.25) is 0 Å². The number of urea groups is 1. The second-order valence-electron chi connectivity index (χ2n) is 6.51. The predicted octanol–water partition coefficient (Wildman–Crippen LogP) is 2.84. The monoisotopic (exact) mass is 399 g/mol. The highest BCUT2D eigenvalue weighted by Gasteiger charge is 2.22. The third-order valence-corrected chi connectivity index (χ3v) is 4.86. The van der Waals surface area contributed by atoms with Gasteiger partial charge in [-0.15, -0.1) is 0 Å². The first kappa shape index (κ1) is 20.3. The molecule has 154 valence electrons. The number of carbonyl (C=O) groups is 2. The van der Waals surface area contributed by atoms with Crippen LogP contribution in [0.25, 0.3) is 0 Å². The standard InChI is InChI=1S/C21H25N3O5/c1-27-18-9-6-16(14-19(18)28-2)22-21(26)24-12-10-23(11-13-24)17-7-4-15(5-8-17)20(25)29-3/h4-9,14H,10-13H2,1-3H3,(H,22,26). The zero-order valence-electron chi connectivity index (χ0n) is 16.8. The van der Waals surface area contributed by atoms with Crippen LogP contribution in [-0.2, 0) is 4.74 Å². The maximum Gasteiger partial charge on any atom is 0.337 e. The number of hydrogen-bond acceptors (Lipinski definition) is 6. The van der Waals surface area contributed by atoms with Gasteiger partial charge in [-0.25, -0.2) is 9.59 Å². The summed E-state index contributed by atoms with van der Waals surface area (Å²) in [6.45, 7) is 2.60. The van der Waals surface area contributed by atoms with Gasteiger partial charge in [0.1, 0.15) is 0 Å². The average Bonchev–Trinajstić information content (AvgIpc) is 2.78. The predicted molar refractivity (Wildman–Crippen MR) is 110 cm³/mol. The highest BCUT2D eigenvalue weighted by molar-refractivity contribution is 5.90. The molecule has 29 heavy (non-hydrogen) atoms. The molecule has 0 radical (unpaired) electrons. The Bertz CT molecular complexity index is 861. The van der Waals surface area contributed by atoms with Gasteiger partial charge in [0, 0.05) is 43.6 Å². The van der Waals surface area contributed by atoms with Crippen molar-refractivity contribution in [3.8, 4) is 11.5 Å². The van der Waals surface area contributed by atoms with Crippen LogP contribution in [0, 0.1) is 0 Å². The lowest BCUT2D eigenvalue weighted by molar-refractivity contribution is 0.0600. The lowest BCUT2D eigenvalue weighted by atomic mass is 10.2. The number of hydrogen-bond donors (Lipinski definition) is 1. The molecule has 0 spiro atoms. The van der Waals surface area contributed by atoms with Crippen LogP contribution in [0.1, 0.15) is 10.4 Å². The van der Waals surface area contributed by atoms with Crippen molar-refractivity contribution in [1.82, 2.24) is 4.90 Å². The van der Waals surface area contributed by atoms with Crippen molar-refractivity contribution in [3.05, 3.63) is 48.0 Å². The molecule has 1 aliphatic rings. The van der Waals surface area contributed by atoms with Gasteiger partial charge in [0.25, 0.3) is 0 Å². The number of nitrogens with zero attached hydrogens (tertiary/aromatic N) is 2. The minimum absolute atomic E-state index is 0.155. The molecule has 0 atom stereocenters. The first-order valence-electron chi connectivity index (χ1n) is 9.27. The van der Waals surface area contributed by atoms with Crippen molar-refractivity contribution in [1.29, 1.82) is 0 Å². The van der Waals surface area contributed by atoms with E-state index in [0.29, 0.717) is 48.9 Å². The molecule has 2 aromatic carbocycles. The van der Waals surface area contributed by atoms with Crippen LogP contribution < -0.4 is 19.7 Å². The van der Waals surface area contributed by atoms with Crippen LogP contribution in [-0.4, -0.2) is 64.4 Å². The summed E-state index contributed by atoms with van der Waals surface area (Å²) in [5, 5.41) is 2.90. The molecule has 0 unspecified atom stereocenters. The van der Waals surface area contributed by atoms with Gasteiger partial charge in [-0.2, -0.15) is 0 Å². The smallest absolute Gasteiger partial charge is 0.337 e. The highest BCUT2D eigenvalue weighted by atomic mass is 16.5. The molecule has 0 aromatic heterocycles. The Morgan fingerprint density at radius 1 is 0.862 bits per heavy atom. The number of amides is 2. The highest BCUT2D eigenvalue weighted by Crippen LogP contribution is 2.30. The van der Waals surface area contributed by atoms with E-state index in [1.807, 2.05) is 12.1 Å². The Balaban J connectivity index is 1.56. The molecular weight excluding hydrogens is 374 g/mol. The number of esters is 1. The molecule has 8 nitrogen and oxygen atoms in total. The first-order valence-corrected chi connectivity index (χ1v) is 9.27. The van der Waals surface area contributed by atoms with Crippen LogP contribution in [0.15, 0.2) is 42.5 Å². The Hall–Kier alpha value is -3.42. The zero-order chi connectivity index (χ0) is 20.8. The largest absolute Gasteiger partial charge is 0.493 e. The average molecular weight is 399 g/mol. The van der Waals surface area contributed by atoms with Gasteiger partial charge in [-0.1, -0.05) is 0 Å². The van der Waals surface area contributed by atoms with Crippen molar-refractivity contribution >= 4 is 23.4 Å². The Kier molecular flexibility index (Phi) is 6.43. The zero-order valence-corrected chi connectivity index (χ0v) is 16.8. The molecule has 1 fully saturated rings.